The number of carbonyl (C=O) groups is 2. The molecule has 1 aromatic carbocycles. The Hall–Kier alpha value is -4.40. The number of benzene rings is 1. The summed E-state index contributed by atoms with van der Waals surface area (Å²) in [5.41, 5.74) is 7.25. The lowest BCUT2D eigenvalue weighted by atomic mass is 10.0. The van der Waals surface area contributed by atoms with Gasteiger partial charge in [0, 0.05) is 36.6 Å². The Bertz CT molecular complexity index is 1620. The number of fused-ring (bicyclic) bond motifs is 1. The van der Waals surface area contributed by atoms with Crippen molar-refractivity contribution in [3.63, 3.8) is 0 Å². The quantitative estimate of drug-likeness (QED) is 0.314. The zero-order valence-electron chi connectivity index (χ0n) is 23.5. The number of nitrogens with zero attached hydrogens (tertiary/aromatic N) is 3. The average molecular weight is 541 g/mol. The molecule has 0 spiro atoms. The number of hydrogen-bond acceptors (Lipinski definition) is 5. The molecule has 0 aliphatic carbocycles. The predicted octanol–water partition coefficient (Wildman–Crippen LogP) is 3.94. The van der Waals surface area contributed by atoms with E-state index in [4.69, 9.17) is 0 Å². The summed E-state index contributed by atoms with van der Waals surface area (Å²) in [4.78, 5) is 47.7. The molecule has 3 aromatic heterocycles. The van der Waals surface area contributed by atoms with Crippen molar-refractivity contribution in [2.75, 3.05) is 24.5 Å². The lowest BCUT2D eigenvalue weighted by molar-refractivity contribution is -0.120. The molecule has 9 nitrogen and oxygen atoms in total. The summed E-state index contributed by atoms with van der Waals surface area (Å²) in [6.07, 6.45) is 3.37. The van der Waals surface area contributed by atoms with Crippen molar-refractivity contribution in [1.82, 2.24) is 25.0 Å². The van der Waals surface area contributed by atoms with E-state index in [1.165, 1.54) is 0 Å². The standard InChI is InChI=1S/C31H36N6O3/c1-5-6-22-13-20(4)35-30(39)25(22)16-33-31(40)27-15-23(14-26-29(19(2)3)34-18-37(26)27)21-7-9-24(10-8-21)36-12-11-32-28(38)17-36/h7-10,13-15,18-19H,5-6,11-12,16-17H2,1-4H3,(H,32,38)(H,33,40)(H,35,39). The van der Waals surface area contributed by atoms with Gasteiger partial charge in [0.1, 0.15) is 12.0 Å². The van der Waals surface area contributed by atoms with E-state index in [2.05, 4.69) is 52.3 Å². The van der Waals surface area contributed by atoms with Gasteiger partial charge in [-0.3, -0.25) is 18.8 Å². The molecule has 0 radical (unpaired) electrons. The molecule has 208 valence electrons. The van der Waals surface area contributed by atoms with Crippen LogP contribution >= 0.6 is 0 Å². The van der Waals surface area contributed by atoms with E-state index >= 15 is 0 Å². The molecule has 1 saturated heterocycles. The molecule has 3 N–H and O–H groups in total. The van der Waals surface area contributed by atoms with Crippen LogP contribution < -0.4 is 21.1 Å². The summed E-state index contributed by atoms with van der Waals surface area (Å²) >= 11 is 0. The van der Waals surface area contributed by atoms with E-state index in [-0.39, 0.29) is 29.8 Å². The maximum Gasteiger partial charge on any atom is 0.268 e. The molecule has 5 rings (SSSR count). The molecule has 1 fully saturated rings. The van der Waals surface area contributed by atoms with Crippen molar-refractivity contribution in [2.45, 2.75) is 53.0 Å². The minimum atomic E-state index is -0.280. The minimum absolute atomic E-state index is 0.0211. The number of imidazole rings is 1. The van der Waals surface area contributed by atoms with Crippen molar-refractivity contribution >= 4 is 23.0 Å². The fourth-order valence-electron chi connectivity index (χ4n) is 5.35. The number of carbonyl (C=O) groups excluding carboxylic acids is 2. The Labute approximate surface area is 233 Å². The topological polar surface area (TPSA) is 112 Å². The van der Waals surface area contributed by atoms with Crippen LogP contribution in [0.4, 0.5) is 5.69 Å². The number of aromatic nitrogens is 3. The second kappa shape index (κ2) is 11.4. The summed E-state index contributed by atoms with van der Waals surface area (Å²) in [5.74, 6) is -0.0859. The summed E-state index contributed by atoms with van der Waals surface area (Å²) in [6, 6.07) is 14.0. The number of piperazine rings is 1. The van der Waals surface area contributed by atoms with Gasteiger partial charge >= 0.3 is 0 Å². The molecular weight excluding hydrogens is 504 g/mol. The first-order valence-corrected chi connectivity index (χ1v) is 13.9. The zero-order valence-corrected chi connectivity index (χ0v) is 23.5. The van der Waals surface area contributed by atoms with Crippen molar-refractivity contribution in [2.24, 2.45) is 0 Å². The van der Waals surface area contributed by atoms with E-state index < -0.39 is 0 Å². The average Bonchev–Trinajstić information content (AvgIpc) is 3.37. The molecule has 1 aliphatic rings. The summed E-state index contributed by atoms with van der Waals surface area (Å²) in [6.45, 7) is 9.97. The van der Waals surface area contributed by atoms with Gasteiger partial charge in [-0.25, -0.2) is 4.98 Å². The number of amides is 2. The van der Waals surface area contributed by atoms with Gasteiger partial charge < -0.3 is 20.5 Å². The van der Waals surface area contributed by atoms with Crippen LogP contribution in [0, 0.1) is 6.92 Å². The van der Waals surface area contributed by atoms with Gasteiger partial charge in [-0.1, -0.05) is 39.3 Å². The van der Waals surface area contributed by atoms with Gasteiger partial charge in [0.05, 0.1) is 17.8 Å². The third-order valence-electron chi connectivity index (χ3n) is 7.37. The van der Waals surface area contributed by atoms with Gasteiger partial charge in [-0.15, -0.1) is 0 Å². The first kappa shape index (κ1) is 27.2. The monoisotopic (exact) mass is 540 g/mol. The smallest absolute Gasteiger partial charge is 0.268 e. The summed E-state index contributed by atoms with van der Waals surface area (Å²) < 4.78 is 1.82. The summed E-state index contributed by atoms with van der Waals surface area (Å²) in [7, 11) is 0. The second-order valence-electron chi connectivity index (χ2n) is 10.7. The van der Waals surface area contributed by atoms with Gasteiger partial charge in [0.25, 0.3) is 11.5 Å². The molecule has 9 heteroatoms. The molecule has 0 atom stereocenters. The SMILES string of the molecule is CCCc1cc(C)[nH]c(=O)c1CNC(=O)c1cc(-c2ccc(N3CCNC(=O)C3)cc2)cc2c(C(C)C)ncn12. The summed E-state index contributed by atoms with van der Waals surface area (Å²) in [5, 5.41) is 5.84. The number of hydrogen-bond donors (Lipinski definition) is 3. The third kappa shape index (κ3) is 5.50. The molecule has 40 heavy (non-hydrogen) atoms. The van der Waals surface area contributed by atoms with Crippen molar-refractivity contribution in [3.05, 3.63) is 87.4 Å². The van der Waals surface area contributed by atoms with E-state index in [0.717, 1.165) is 58.7 Å². The van der Waals surface area contributed by atoms with Crippen LogP contribution in [0.3, 0.4) is 0 Å². The number of aryl methyl sites for hydroxylation is 2. The van der Waals surface area contributed by atoms with Crippen molar-refractivity contribution in [1.29, 1.82) is 0 Å². The highest BCUT2D eigenvalue weighted by Gasteiger charge is 2.20. The molecule has 4 heterocycles. The maximum atomic E-state index is 13.6. The van der Waals surface area contributed by atoms with Crippen molar-refractivity contribution in [3.8, 4) is 11.1 Å². The Morgan fingerprint density at radius 1 is 1.10 bits per heavy atom. The Morgan fingerprint density at radius 3 is 2.58 bits per heavy atom. The number of anilines is 1. The molecular formula is C31H36N6O3. The second-order valence-corrected chi connectivity index (χ2v) is 10.7. The highest BCUT2D eigenvalue weighted by molar-refractivity contribution is 5.95. The minimum Gasteiger partial charge on any atom is -0.360 e. The maximum absolute atomic E-state index is 13.6. The van der Waals surface area contributed by atoms with Gasteiger partial charge in [0.2, 0.25) is 5.91 Å². The lowest BCUT2D eigenvalue weighted by Crippen LogP contribution is -2.47. The van der Waals surface area contributed by atoms with E-state index in [1.807, 2.05) is 47.7 Å². The number of nitrogens with one attached hydrogen (secondary N) is 3. The molecule has 1 aliphatic heterocycles. The largest absolute Gasteiger partial charge is 0.360 e. The van der Waals surface area contributed by atoms with Crippen LogP contribution in [0.5, 0.6) is 0 Å². The fraction of sp³-hybridized carbons (Fsp3) is 0.355. The van der Waals surface area contributed by atoms with Crippen LogP contribution in [-0.4, -0.2) is 45.8 Å². The first-order chi connectivity index (χ1) is 19.2. The Balaban J connectivity index is 1.48. The molecule has 0 saturated carbocycles. The molecule has 2 amide bonds. The molecule has 0 bridgehead atoms. The lowest BCUT2D eigenvalue weighted by Gasteiger charge is -2.28. The van der Waals surface area contributed by atoms with E-state index in [9.17, 15) is 14.4 Å². The van der Waals surface area contributed by atoms with Gasteiger partial charge in [0.15, 0.2) is 0 Å². The van der Waals surface area contributed by atoms with E-state index in [0.29, 0.717) is 24.3 Å². The Morgan fingerprint density at radius 2 is 1.88 bits per heavy atom. The third-order valence-corrected chi connectivity index (χ3v) is 7.37. The van der Waals surface area contributed by atoms with Crippen LogP contribution in [0.25, 0.3) is 16.6 Å². The highest BCUT2D eigenvalue weighted by atomic mass is 16.2. The fourth-order valence-corrected chi connectivity index (χ4v) is 5.35. The first-order valence-electron chi connectivity index (χ1n) is 13.9. The normalized spacial score (nSPS) is 13.6. The number of aromatic amines is 1. The molecule has 0 unspecified atom stereocenters. The van der Waals surface area contributed by atoms with Crippen LogP contribution in [-0.2, 0) is 17.8 Å². The van der Waals surface area contributed by atoms with Gasteiger partial charge in [-0.2, -0.15) is 0 Å². The Kier molecular flexibility index (Phi) is 7.73. The number of pyridine rings is 2. The predicted molar refractivity (Wildman–Crippen MR) is 157 cm³/mol. The zero-order chi connectivity index (χ0) is 28.4. The van der Waals surface area contributed by atoms with Gasteiger partial charge in [-0.05, 0) is 66.3 Å². The van der Waals surface area contributed by atoms with Crippen LogP contribution in [0.2, 0.25) is 0 Å². The van der Waals surface area contributed by atoms with Crippen molar-refractivity contribution < 1.29 is 9.59 Å². The van der Waals surface area contributed by atoms with Crippen LogP contribution in [0.1, 0.15) is 66.1 Å². The number of H-pyrrole nitrogens is 1. The highest BCUT2D eigenvalue weighted by Crippen LogP contribution is 2.29. The molecule has 4 aromatic rings. The number of rotatable bonds is 8. The van der Waals surface area contributed by atoms with Crippen LogP contribution in [0.15, 0.2) is 53.6 Å². The van der Waals surface area contributed by atoms with E-state index in [1.54, 1.807) is 6.33 Å².